The Morgan fingerprint density at radius 1 is 1.15 bits per heavy atom. The molecular weight excluding hydrogens is 416 g/mol. The fourth-order valence-electron chi connectivity index (χ4n) is 4.05. The highest BCUT2D eigenvalue weighted by molar-refractivity contribution is 5.96. The van der Waals surface area contributed by atoms with Crippen molar-refractivity contribution in [2.24, 2.45) is 11.7 Å². The molecule has 1 aliphatic carbocycles. The number of aryl methyl sites for hydroxylation is 1. The van der Waals surface area contributed by atoms with Crippen LogP contribution in [0.3, 0.4) is 0 Å². The smallest absolute Gasteiger partial charge is 0.137 e. The molecule has 9 nitrogen and oxygen atoms in total. The molecule has 0 spiro atoms. The Morgan fingerprint density at radius 2 is 2.03 bits per heavy atom. The molecule has 1 saturated carbocycles. The van der Waals surface area contributed by atoms with Crippen LogP contribution in [0.5, 0.6) is 5.75 Å². The van der Waals surface area contributed by atoms with Crippen molar-refractivity contribution in [1.29, 1.82) is 0 Å². The summed E-state index contributed by atoms with van der Waals surface area (Å²) in [6, 6.07) is 7.90. The number of fused-ring (bicyclic) bond motifs is 2. The van der Waals surface area contributed by atoms with Gasteiger partial charge in [-0.1, -0.05) is 17.7 Å². The maximum atomic E-state index is 5.52. The van der Waals surface area contributed by atoms with Crippen LogP contribution in [-0.2, 0) is 6.54 Å². The largest absolute Gasteiger partial charge is 0.496 e. The number of benzene rings is 1. The Balaban J connectivity index is 0.000000332. The topological polar surface area (TPSA) is 112 Å². The third kappa shape index (κ3) is 4.31. The van der Waals surface area contributed by atoms with E-state index in [1.807, 2.05) is 35.0 Å². The highest BCUT2D eigenvalue weighted by Crippen LogP contribution is 2.35. The van der Waals surface area contributed by atoms with E-state index in [1.165, 1.54) is 24.8 Å². The quantitative estimate of drug-likeness (QED) is 0.429. The van der Waals surface area contributed by atoms with Gasteiger partial charge in [0.05, 0.1) is 42.8 Å². The number of methoxy groups -OCH3 is 1. The molecule has 33 heavy (non-hydrogen) atoms. The molecule has 0 amide bonds. The number of imidazole rings is 1. The minimum absolute atomic E-state index is 0.539. The second-order valence-corrected chi connectivity index (χ2v) is 8.51. The lowest BCUT2D eigenvalue weighted by atomic mass is 9.86. The summed E-state index contributed by atoms with van der Waals surface area (Å²) in [5, 5.41) is 16.7. The van der Waals surface area contributed by atoms with Crippen LogP contribution in [-0.4, -0.2) is 48.2 Å². The van der Waals surface area contributed by atoms with E-state index in [2.05, 4.69) is 44.7 Å². The molecule has 1 fully saturated rings. The summed E-state index contributed by atoms with van der Waals surface area (Å²) in [4.78, 5) is 4.64. The van der Waals surface area contributed by atoms with Gasteiger partial charge in [-0.15, -0.1) is 5.10 Å². The molecular formula is C24H28N8O. The molecule has 6 rings (SSSR count). The Morgan fingerprint density at radius 3 is 2.76 bits per heavy atom. The summed E-state index contributed by atoms with van der Waals surface area (Å²) >= 11 is 0. The Kier molecular flexibility index (Phi) is 5.78. The zero-order valence-corrected chi connectivity index (χ0v) is 18.9. The number of ether oxygens (including phenoxy) is 1. The maximum Gasteiger partial charge on any atom is 0.137 e. The number of nitrogens with zero attached hydrogens (tertiary/aromatic N) is 6. The van der Waals surface area contributed by atoms with Gasteiger partial charge in [-0.25, -0.2) is 9.67 Å². The van der Waals surface area contributed by atoms with Crippen molar-refractivity contribution < 1.29 is 4.74 Å². The first-order valence-corrected chi connectivity index (χ1v) is 11.2. The number of H-pyrrole nitrogens is 1. The first-order valence-electron chi connectivity index (χ1n) is 11.2. The van der Waals surface area contributed by atoms with Crippen molar-refractivity contribution in [2.45, 2.75) is 32.7 Å². The van der Waals surface area contributed by atoms with Gasteiger partial charge in [0.15, 0.2) is 0 Å². The molecule has 170 valence electrons. The molecule has 0 atom stereocenters. The van der Waals surface area contributed by atoms with Gasteiger partial charge in [0.1, 0.15) is 17.1 Å². The molecule has 9 heteroatoms. The minimum Gasteiger partial charge on any atom is -0.496 e. The van der Waals surface area contributed by atoms with E-state index in [0.717, 1.165) is 51.7 Å². The van der Waals surface area contributed by atoms with Crippen molar-refractivity contribution >= 4 is 16.6 Å². The predicted molar refractivity (Wildman–Crippen MR) is 127 cm³/mol. The van der Waals surface area contributed by atoms with E-state index in [1.54, 1.807) is 18.0 Å². The van der Waals surface area contributed by atoms with Crippen molar-refractivity contribution in [2.75, 3.05) is 13.7 Å². The lowest BCUT2D eigenvalue weighted by Gasteiger charge is -2.22. The van der Waals surface area contributed by atoms with Crippen LogP contribution in [0, 0.1) is 12.8 Å². The molecule has 0 unspecified atom stereocenters. The van der Waals surface area contributed by atoms with E-state index in [4.69, 9.17) is 10.5 Å². The fraction of sp³-hybridized carbons (Fsp3) is 0.333. The van der Waals surface area contributed by atoms with E-state index < -0.39 is 0 Å². The fourth-order valence-corrected chi connectivity index (χ4v) is 4.05. The monoisotopic (exact) mass is 444 g/mol. The van der Waals surface area contributed by atoms with Crippen LogP contribution in [0.1, 0.15) is 30.5 Å². The SMILES string of the molecule is COc1ccc2[nH]ncc2c1-c1cn(Cc2cn3cc(C)ccc3n2)nn1.NCC1CCC1. The van der Waals surface area contributed by atoms with Gasteiger partial charge in [0.25, 0.3) is 0 Å². The number of pyridine rings is 1. The van der Waals surface area contributed by atoms with Crippen LogP contribution in [0.15, 0.2) is 49.1 Å². The average molecular weight is 445 g/mol. The first kappa shape index (κ1) is 21.1. The Labute approximate surface area is 191 Å². The van der Waals surface area contributed by atoms with Crippen molar-refractivity contribution in [3.8, 4) is 17.0 Å². The second kappa shape index (κ2) is 9.03. The Hall–Kier alpha value is -3.72. The molecule has 5 aromatic rings. The van der Waals surface area contributed by atoms with Gasteiger partial charge in [0.2, 0.25) is 0 Å². The zero-order chi connectivity index (χ0) is 22.8. The molecule has 4 aromatic heterocycles. The van der Waals surface area contributed by atoms with Crippen LogP contribution < -0.4 is 10.5 Å². The number of aromatic nitrogens is 7. The molecule has 3 N–H and O–H groups in total. The van der Waals surface area contributed by atoms with Gasteiger partial charge in [-0.05, 0) is 56.0 Å². The molecule has 1 aromatic carbocycles. The zero-order valence-electron chi connectivity index (χ0n) is 18.9. The van der Waals surface area contributed by atoms with Crippen LogP contribution >= 0.6 is 0 Å². The maximum absolute atomic E-state index is 5.52. The number of hydrogen-bond acceptors (Lipinski definition) is 6. The minimum atomic E-state index is 0.539. The predicted octanol–water partition coefficient (Wildman–Crippen LogP) is 3.58. The number of hydrogen-bond donors (Lipinski definition) is 2. The van der Waals surface area contributed by atoms with E-state index >= 15 is 0 Å². The van der Waals surface area contributed by atoms with E-state index in [-0.39, 0.29) is 0 Å². The van der Waals surface area contributed by atoms with Gasteiger partial charge < -0.3 is 14.9 Å². The molecule has 4 heterocycles. The van der Waals surface area contributed by atoms with Crippen molar-refractivity contribution in [3.05, 3.63) is 60.3 Å². The molecule has 1 aliphatic rings. The van der Waals surface area contributed by atoms with Crippen molar-refractivity contribution in [3.63, 3.8) is 0 Å². The Bertz CT molecular complexity index is 1380. The normalized spacial score (nSPS) is 13.7. The number of nitrogens with one attached hydrogen (secondary N) is 1. The third-order valence-corrected chi connectivity index (χ3v) is 6.13. The summed E-state index contributed by atoms with van der Waals surface area (Å²) in [6.07, 6.45) is 11.9. The molecule has 0 saturated heterocycles. The number of nitrogens with two attached hydrogens (primary N) is 1. The average Bonchev–Trinajstić information content (AvgIpc) is 3.51. The standard InChI is InChI=1S/C19H17N7O.C5H11N/c1-12-3-6-18-21-13(9-25(18)8-12)10-26-11-16(23-24-26)19-14-7-20-22-15(14)4-5-17(19)27-2;6-4-5-2-1-3-5/h3-9,11H,10H2,1-2H3,(H,20,22);5H,1-4,6H2. The molecule has 0 bridgehead atoms. The number of rotatable bonds is 5. The summed E-state index contributed by atoms with van der Waals surface area (Å²) in [6.45, 7) is 3.52. The number of aromatic amines is 1. The third-order valence-electron chi connectivity index (χ3n) is 6.13. The summed E-state index contributed by atoms with van der Waals surface area (Å²) in [7, 11) is 1.65. The van der Waals surface area contributed by atoms with Gasteiger partial charge in [0, 0.05) is 17.8 Å². The summed E-state index contributed by atoms with van der Waals surface area (Å²) in [5.41, 5.74) is 10.9. The lowest BCUT2D eigenvalue weighted by molar-refractivity contribution is 0.325. The lowest BCUT2D eigenvalue weighted by Crippen LogP contribution is -2.20. The highest BCUT2D eigenvalue weighted by atomic mass is 16.5. The first-order chi connectivity index (χ1) is 16.1. The van der Waals surface area contributed by atoms with Gasteiger partial charge in [-0.2, -0.15) is 5.10 Å². The highest BCUT2D eigenvalue weighted by Gasteiger charge is 2.16. The van der Waals surface area contributed by atoms with Gasteiger partial charge >= 0.3 is 0 Å². The van der Waals surface area contributed by atoms with Crippen molar-refractivity contribution in [1.82, 2.24) is 34.6 Å². The van der Waals surface area contributed by atoms with Crippen LogP contribution in [0.4, 0.5) is 0 Å². The van der Waals surface area contributed by atoms with Crippen LogP contribution in [0.25, 0.3) is 27.8 Å². The molecule has 0 aliphatic heterocycles. The summed E-state index contributed by atoms with van der Waals surface area (Å²) < 4.78 is 9.33. The molecule has 0 radical (unpaired) electrons. The van der Waals surface area contributed by atoms with Gasteiger partial charge in [-0.3, -0.25) is 5.10 Å². The van der Waals surface area contributed by atoms with E-state index in [0.29, 0.717) is 6.54 Å². The summed E-state index contributed by atoms with van der Waals surface area (Å²) in [5.74, 6) is 1.63. The second-order valence-electron chi connectivity index (χ2n) is 8.51. The van der Waals surface area contributed by atoms with Crippen LogP contribution in [0.2, 0.25) is 0 Å². The van der Waals surface area contributed by atoms with E-state index in [9.17, 15) is 0 Å².